The second-order valence-corrected chi connectivity index (χ2v) is 4.52. The fourth-order valence-electron chi connectivity index (χ4n) is 1.30. The fraction of sp³-hybridized carbons (Fsp3) is 0.727. The molecular formula is C11H20ClN3. The van der Waals surface area contributed by atoms with Gasteiger partial charge in [0.15, 0.2) is 0 Å². The highest BCUT2D eigenvalue weighted by molar-refractivity contribution is 6.17. The molecule has 3 nitrogen and oxygen atoms in total. The zero-order valence-electron chi connectivity index (χ0n) is 9.70. The van der Waals surface area contributed by atoms with Crippen molar-refractivity contribution in [2.75, 3.05) is 5.88 Å². The van der Waals surface area contributed by atoms with Crippen molar-refractivity contribution in [2.45, 2.75) is 45.8 Å². The zero-order chi connectivity index (χ0) is 11.3. The Kier molecular flexibility index (Phi) is 5.12. The van der Waals surface area contributed by atoms with Gasteiger partial charge >= 0.3 is 0 Å². The molecule has 0 fully saturated rings. The maximum absolute atomic E-state index is 5.66. The first kappa shape index (κ1) is 12.5. The number of hydrogen-bond acceptors (Lipinski definition) is 2. The van der Waals surface area contributed by atoms with E-state index in [4.69, 9.17) is 11.6 Å². The predicted molar refractivity (Wildman–Crippen MR) is 64.3 cm³/mol. The summed E-state index contributed by atoms with van der Waals surface area (Å²) < 4.78 is 1.98. The molecule has 0 spiro atoms. The summed E-state index contributed by atoms with van der Waals surface area (Å²) in [5.41, 5.74) is 1.09. The third kappa shape index (κ3) is 4.22. The molecule has 0 saturated carbocycles. The first-order chi connectivity index (χ1) is 7.13. The van der Waals surface area contributed by atoms with Crippen LogP contribution in [0.2, 0.25) is 0 Å². The predicted octanol–water partition coefficient (Wildman–Crippen LogP) is 2.57. The van der Waals surface area contributed by atoms with Crippen molar-refractivity contribution >= 4 is 11.6 Å². The van der Waals surface area contributed by atoms with Gasteiger partial charge in [0.1, 0.15) is 0 Å². The smallest absolute Gasteiger partial charge is 0.0762 e. The highest BCUT2D eigenvalue weighted by Gasteiger charge is 2.04. The van der Waals surface area contributed by atoms with E-state index in [1.807, 2.05) is 10.9 Å². The van der Waals surface area contributed by atoms with Gasteiger partial charge in [-0.25, -0.2) is 0 Å². The average molecular weight is 230 g/mol. The normalized spacial score (nSPS) is 13.4. The Labute approximate surface area is 96.8 Å². The first-order valence-electron chi connectivity index (χ1n) is 5.47. The van der Waals surface area contributed by atoms with Crippen LogP contribution < -0.4 is 5.32 Å². The quantitative estimate of drug-likeness (QED) is 0.760. The van der Waals surface area contributed by atoms with Gasteiger partial charge in [-0.2, -0.15) is 5.10 Å². The lowest BCUT2D eigenvalue weighted by atomic mass is 10.2. The fourth-order valence-corrected chi connectivity index (χ4v) is 1.63. The van der Waals surface area contributed by atoms with Crippen LogP contribution in [0.25, 0.3) is 0 Å². The average Bonchev–Trinajstić information content (AvgIpc) is 2.63. The minimum atomic E-state index is 0.430. The topological polar surface area (TPSA) is 29.9 Å². The van der Waals surface area contributed by atoms with Crippen LogP contribution in [0.5, 0.6) is 0 Å². The lowest BCUT2D eigenvalue weighted by molar-refractivity contribution is 0.502. The van der Waals surface area contributed by atoms with Gasteiger partial charge in [0.25, 0.3) is 0 Å². The van der Waals surface area contributed by atoms with Crippen LogP contribution in [0.15, 0.2) is 12.3 Å². The molecular weight excluding hydrogens is 210 g/mol. The van der Waals surface area contributed by atoms with E-state index in [0.717, 1.165) is 18.7 Å². The van der Waals surface area contributed by atoms with Crippen molar-refractivity contribution in [3.05, 3.63) is 18.0 Å². The summed E-state index contributed by atoms with van der Waals surface area (Å²) in [6, 6.07) is 2.94. The summed E-state index contributed by atoms with van der Waals surface area (Å²) >= 11 is 5.66. The second kappa shape index (κ2) is 6.13. The summed E-state index contributed by atoms with van der Waals surface area (Å²) in [5.74, 6) is 0.703. The Morgan fingerprint density at radius 3 is 2.73 bits per heavy atom. The Morgan fingerprint density at radius 2 is 2.20 bits per heavy atom. The van der Waals surface area contributed by atoms with E-state index in [0.29, 0.717) is 18.0 Å². The summed E-state index contributed by atoms with van der Waals surface area (Å²) in [6.45, 7) is 7.21. The third-order valence-electron chi connectivity index (χ3n) is 2.37. The Bertz CT molecular complexity index is 283. The molecule has 0 aromatic carbocycles. The van der Waals surface area contributed by atoms with Gasteiger partial charge in [-0.05, 0) is 33.3 Å². The lowest BCUT2D eigenvalue weighted by Gasteiger charge is -2.10. The molecule has 0 saturated heterocycles. The lowest BCUT2D eigenvalue weighted by Crippen LogP contribution is -2.26. The van der Waals surface area contributed by atoms with Gasteiger partial charge in [0.2, 0.25) is 0 Å². The summed E-state index contributed by atoms with van der Waals surface area (Å²) in [4.78, 5) is 0. The number of nitrogens with zero attached hydrogens (tertiary/aromatic N) is 2. The van der Waals surface area contributed by atoms with E-state index in [1.165, 1.54) is 0 Å². The van der Waals surface area contributed by atoms with Gasteiger partial charge in [-0.1, -0.05) is 0 Å². The van der Waals surface area contributed by atoms with Gasteiger partial charge < -0.3 is 5.32 Å². The molecule has 1 N–H and O–H groups in total. The molecule has 86 valence electrons. The Hall–Kier alpha value is -0.540. The summed E-state index contributed by atoms with van der Waals surface area (Å²) in [7, 11) is 0. The zero-order valence-corrected chi connectivity index (χ0v) is 10.5. The van der Waals surface area contributed by atoms with E-state index < -0.39 is 0 Å². The van der Waals surface area contributed by atoms with Crippen LogP contribution in [0.1, 0.15) is 38.9 Å². The van der Waals surface area contributed by atoms with Gasteiger partial charge in [-0.3, -0.25) is 4.68 Å². The molecule has 1 atom stereocenters. The number of nitrogens with one attached hydrogen (secondary N) is 1. The van der Waals surface area contributed by atoms with Crippen LogP contribution in [0, 0.1) is 0 Å². The van der Waals surface area contributed by atoms with Crippen molar-refractivity contribution in [3.63, 3.8) is 0 Å². The van der Waals surface area contributed by atoms with Crippen LogP contribution in [-0.4, -0.2) is 21.7 Å². The standard InChI is InChI=1S/C11H20ClN3/c1-9(2)15-7-5-11(14-15)8-13-10(3)4-6-12/h5,7,9-10,13H,4,6,8H2,1-3H3. The molecule has 0 aliphatic rings. The molecule has 0 aliphatic heterocycles. The second-order valence-electron chi connectivity index (χ2n) is 4.14. The number of rotatable bonds is 6. The molecule has 4 heteroatoms. The van der Waals surface area contributed by atoms with E-state index in [2.05, 4.69) is 37.3 Å². The number of aromatic nitrogens is 2. The maximum atomic E-state index is 5.66. The molecule has 15 heavy (non-hydrogen) atoms. The molecule has 1 unspecified atom stereocenters. The van der Waals surface area contributed by atoms with Gasteiger partial charge in [0, 0.05) is 30.7 Å². The summed E-state index contributed by atoms with van der Waals surface area (Å²) in [5, 5.41) is 7.85. The minimum Gasteiger partial charge on any atom is -0.309 e. The molecule has 1 heterocycles. The van der Waals surface area contributed by atoms with E-state index in [9.17, 15) is 0 Å². The minimum absolute atomic E-state index is 0.430. The van der Waals surface area contributed by atoms with Crippen LogP contribution in [0.4, 0.5) is 0 Å². The summed E-state index contributed by atoms with van der Waals surface area (Å²) in [6.07, 6.45) is 3.01. The highest BCUT2D eigenvalue weighted by atomic mass is 35.5. The number of hydrogen-bond donors (Lipinski definition) is 1. The molecule has 1 aromatic rings. The largest absolute Gasteiger partial charge is 0.309 e. The van der Waals surface area contributed by atoms with E-state index >= 15 is 0 Å². The third-order valence-corrected chi connectivity index (χ3v) is 2.58. The highest BCUT2D eigenvalue weighted by Crippen LogP contribution is 2.04. The molecule has 0 bridgehead atoms. The Balaban J connectivity index is 2.37. The van der Waals surface area contributed by atoms with Crippen LogP contribution >= 0.6 is 11.6 Å². The molecule has 0 aliphatic carbocycles. The SMILES string of the molecule is CC(CCCl)NCc1ccn(C(C)C)n1. The van der Waals surface area contributed by atoms with Crippen LogP contribution in [0.3, 0.4) is 0 Å². The van der Waals surface area contributed by atoms with Crippen molar-refractivity contribution in [2.24, 2.45) is 0 Å². The molecule has 0 radical (unpaired) electrons. The maximum Gasteiger partial charge on any atom is 0.0762 e. The van der Waals surface area contributed by atoms with E-state index in [-0.39, 0.29) is 0 Å². The number of halogens is 1. The van der Waals surface area contributed by atoms with Crippen molar-refractivity contribution in [1.82, 2.24) is 15.1 Å². The first-order valence-corrected chi connectivity index (χ1v) is 6.00. The van der Waals surface area contributed by atoms with Gasteiger partial charge in [-0.15, -0.1) is 11.6 Å². The number of alkyl halides is 1. The molecule has 1 aromatic heterocycles. The van der Waals surface area contributed by atoms with E-state index in [1.54, 1.807) is 0 Å². The van der Waals surface area contributed by atoms with Crippen LogP contribution in [-0.2, 0) is 6.54 Å². The van der Waals surface area contributed by atoms with Crippen molar-refractivity contribution < 1.29 is 0 Å². The van der Waals surface area contributed by atoms with Crippen molar-refractivity contribution in [3.8, 4) is 0 Å². The molecule has 0 amide bonds. The molecule has 1 rings (SSSR count). The Morgan fingerprint density at radius 1 is 1.47 bits per heavy atom. The van der Waals surface area contributed by atoms with Gasteiger partial charge in [0.05, 0.1) is 5.69 Å². The monoisotopic (exact) mass is 229 g/mol. The van der Waals surface area contributed by atoms with Crippen molar-refractivity contribution in [1.29, 1.82) is 0 Å².